The molecule has 0 amide bonds. The van der Waals surface area contributed by atoms with Crippen LogP contribution in [0, 0.1) is 5.82 Å². The molecule has 0 saturated heterocycles. The van der Waals surface area contributed by atoms with E-state index >= 15 is 0 Å². The summed E-state index contributed by atoms with van der Waals surface area (Å²) >= 11 is 0. The maximum absolute atomic E-state index is 13.7. The van der Waals surface area contributed by atoms with Gasteiger partial charge in [-0.15, -0.1) is 0 Å². The number of hydrogen-bond donors (Lipinski definition) is 0. The average molecular weight is 288 g/mol. The van der Waals surface area contributed by atoms with Gasteiger partial charge >= 0.3 is 0 Å². The van der Waals surface area contributed by atoms with Crippen molar-refractivity contribution >= 4 is 6.34 Å². The Morgan fingerprint density at radius 2 is 1.81 bits per heavy atom. The van der Waals surface area contributed by atoms with Gasteiger partial charge in [0.2, 0.25) is 6.23 Å². The van der Waals surface area contributed by atoms with Gasteiger partial charge in [0.05, 0.1) is 7.11 Å². The molecule has 1 aliphatic rings. The average Bonchev–Trinajstić information content (AvgIpc) is 2.97. The minimum absolute atomic E-state index is 0.356. The van der Waals surface area contributed by atoms with Gasteiger partial charge in [-0.2, -0.15) is 0 Å². The van der Waals surface area contributed by atoms with Crippen molar-refractivity contribution in [2.75, 3.05) is 7.11 Å². The van der Waals surface area contributed by atoms with Crippen LogP contribution in [-0.2, 0) is 4.84 Å². The molecule has 0 bridgehead atoms. The number of ether oxygens (including phenoxy) is 1. The Kier molecular flexibility index (Phi) is 3.70. The first kappa shape index (κ1) is 13.4. The zero-order valence-electron chi connectivity index (χ0n) is 11.3. The molecular weight excluding hydrogens is 275 g/mol. The molecule has 1 heterocycles. The molecule has 5 nitrogen and oxygen atoms in total. The lowest BCUT2D eigenvalue weighted by atomic mass is 10.2. The van der Waals surface area contributed by atoms with Crippen molar-refractivity contribution in [3.05, 3.63) is 59.9 Å². The summed E-state index contributed by atoms with van der Waals surface area (Å²) in [5.74, 6) is 0.907. The number of hydroxylamine groups is 2. The minimum atomic E-state index is -0.746. The minimum Gasteiger partial charge on any atom is -0.497 e. The predicted molar refractivity (Wildman–Crippen MR) is 74.2 cm³/mol. The Morgan fingerprint density at radius 1 is 1.10 bits per heavy atom. The van der Waals surface area contributed by atoms with Gasteiger partial charge in [0.1, 0.15) is 11.6 Å². The molecule has 0 aromatic heterocycles. The summed E-state index contributed by atoms with van der Waals surface area (Å²) in [6.07, 6.45) is 0.617. The molecule has 6 heteroatoms. The van der Waals surface area contributed by atoms with Crippen LogP contribution in [0.2, 0.25) is 0 Å². The number of methoxy groups -OCH3 is 1. The standard InChI is InChI=1S/C15H13FN2O3/c1-19-11-6-8-12(9-7-11)20-18-10-17-15(21-18)13-4-2-3-5-14(13)16/h2-10,15H,1H3. The van der Waals surface area contributed by atoms with Crippen LogP contribution in [0.3, 0.4) is 0 Å². The molecule has 1 aliphatic heterocycles. The van der Waals surface area contributed by atoms with E-state index in [4.69, 9.17) is 14.4 Å². The van der Waals surface area contributed by atoms with Crippen molar-refractivity contribution in [1.82, 2.24) is 5.23 Å². The number of hydrogen-bond acceptors (Lipinski definition) is 5. The molecule has 0 N–H and O–H groups in total. The van der Waals surface area contributed by atoms with Crippen molar-refractivity contribution in [3.8, 4) is 11.5 Å². The molecule has 1 unspecified atom stereocenters. The zero-order valence-corrected chi connectivity index (χ0v) is 11.3. The van der Waals surface area contributed by atoms with Crippen LogP contribution in [0.4, 0.5) is 4.39 Å². The third-order valence-electron chi connectivity index (χ3n) is 2.93. The molecule has 2 aromatic carbocycles. The summed E-state index contributed by atoms with van der Waals surface area (Å²) in [5.41, 5.74) is 0.356. The summed E-state index contributed by atoms with van der Waals surface area (Å²) in [6, 6.07) is 13.3. The third-order valence-corrected chi connectivity index (χ3v) is 2.93. The maximum atomic E-state index is 13.7. The number of halogens is 1. The molecule has 0 radical (unpaired) electrons. The molecule has 108 valence electrons. The van der Waals surface area contributed by atoms with E-state index in [0.29, 0.717) is 11.3 Å². The number of nitrogens with zero attached hydrogens (tertiary/aromatic N) is 2. The Morgan fingerprint density at radius 3 is 2.52 bits per heavy atom. The summed E-state index contributed by atoms with van der Waals surface area (Å²) in [4.78, 5) is 14.9. The van der Waals surface area contributed by atoms with Gasteiger partial charge in [0, 0.05) is 5.56 Å². The van der Waals surface area contributed by atoms with E-state index in [1.165, 1.54) is 12.4 Å². The molecule has 21 heavy (non-hydrogen) atoms. The van der Waals surface area contributed by atoms with Gasteiger partial charge in [-0.25, -0.2) is 14.2 Å². The van der Waals surface area contributed by atoms with Gasteiger partial charge in [-0.3, -0.25) is 0 Å². The van der Waals surface area contributed by atoms with Crippen molar-refractivity contribution in [2.24, 2.45) is 4.99 Å². The lowest BCUT2D eigenvalue weighted by Gasteiger charge is -2.16. The Bertz CT molecular complexity index is 646. The van der Waals surface area contributed by atoms with Gasteiger partial charge in [-0.1, -0.05) is 23.4 Å². The summed E-state index contributed by atoms with van der Waals surface area (Å²) in [6.45, 7) is 0. The topological polar surface area (TPSA) is 43.3 Å². The molecule has 0 fully saturated rings. The summed E-state index contributed by atoms with van der Waals surface area (Å²) in [7, 11) is 1.59. The number of aliphatic imine (C=N–C) groups is 1. The highest BCUT2D eigenvalue weighted by Crippen LogP contribution is 2.27. The van der Waals surface area contributed by atoms with E-state index in [-0.39, 0.29) is 5.82 Å². The second-order valence-electron chi connectivity index (χ2n) is 4.30. The molecule has 0 aliphatic carbocycles. The summed E-state index contributed by atoms with van der Waals surface area (Å²) < 4.78 is 18.7. The van der Waals surface area contributed by atoms with Crippen LogP contribution in [-0.4, -0.2) is 18.7 Å². The third kappa shape index (κ3) is 2.95. The molecule has 3 rings (SSSR count). The van der Waals surface area contributed by atoms with E-state index in [0.717, 1.165) is 11.0 Å². The first-order valence-corrected chi connectivity index (χ1v) is 6.32. The van der Waals surface area contributed by atoms with Crippen LogP contribution < -0.4 is 9.57 Å². The van der Waals surface area contributed by atoms with Crippen molar-refractivity contribution in [3.63, 3.8) is 0 Å². The highest BCUT2D eigenvalue weighted by Gasteiger charge is 2.24. The van der Waals surface area contributed by atoms with Gasteiger partial charge in [0.15, 0.2) is 12.1 Å². The largest absolute Gasteiger partial charge is 0.497 e. The van der Waals surface area contributed by atoms with Gasteiger partial charge in [-0.05, 0) is 30.3 Å². The van der Waals surface area contributed by atoms with Gasteiger partial charge in [0.25, 0.3) is 0 Å². The second kappa shape index (κ2) is 5.80. The molecule has 2 aromatic rings. The highest BCUT2D eigenvalue weighted by molar-refractivity contribution is 5.54. The first-order valence-electron chi connectivity index (χ1n) is 6.32. The van der Waals surface area contributed by atoms with E-state index in [2.05, 4.69) is 4.99 Å². The zero-order chi connectivity index (χ0) is 14.7. The Labute approximate surface area is 121 Å². The lowest BCUT2D eigenvalue weighted by Crippen LogP contribution is -2.22. The van der Waals surface area contributed by atoms with Crippen molar-refractivity contribution < 1.29 is 18.8 Å². The van der Waals surface area contributed by atoms with Crippen molar-refractivity contribution in [1.29, 1.82) is 0 Å². The normalized spacial score (nSPS) is 17.0. The molecule has 0 spiro atoms. The second-order valence-corrected chi connectivity index (χ2v) is 4.30. The van der Waals surface area contributed by atoms with E-state index in [1.54, 1.807) is 49.6 Å². The fraction of sp³-hybridized carbons (Fsp3) is 0.133. The van der Waals surface area contributed by atoms with Crippen LogP contribution in [0.15, 0.2) is 53.5 Å². The molecular formula is C15H13FN2O3. The van der Waals surface area contributed by atoms with E-state index in [9.17, 15) is 4.39 Å². The number of benzene rings is 2. The van der Waals surface area contributed by atoms with Crippen molar-refractivity contribution in [2.45, 2.75) is 6.23 Å². The Hall–Kier alpha value is -2.60. The maximum Gasteiger partial charge on any atom is 0.209 e. The highest BCUT2D eigenvalue weighted by atomic mass is 19.1. The van der Waals surface area contributed by atoms with E-state index < -0.39 is 6.23 Å². The number of rotatable bonds is 4. The Balaban J connectivity index is 1.65. The van der Waals surface area contributed by atoms with Crippen LogP contribution in [0.5, 0.6) is 11.5 Å². The van der Waals surface area contributed by atoms with Crippen LogP contribution >= 0.6 is 0 Å². The smallest absolute Gasteiger partial charge is 0.209 e. The fourth-order valence-corrected chi connectivity index (χ4v) is 1.87. The molecule has 1 atom stereocenters. The SMILES string of the molecule is COc1ccc(ON2C=NC(c3ccccc3F)O2)cc1. The first-order chi connectivity index (χ1) is 10.3. The fourth-order valence-electron chi connectivity index (χ4n) is 1.87. The predicted octanol–water partition coefficient (Wildman–Crippen LogP) is 3.10. The van der Waals surface area contributed by atoms with E-state index in [1.807, 2.05) is 0 Å². The lowest BCUT2D eigenvalue weighted by molar-refractivity contribution is -0.269. The monoisotopic (exact) mass is 288 g/mol. The molecule has 0 saturated carbocycles. The quantitative estimate of drug-likeness (QED) is 0.867. The van der Waals surface area contributed by atoms with Gasteiger partial charge < -0.3 is 9.57 Å². The van der Waals surface area contributed by atoms with Crippen LogP contribution in [0.1, 0.15) is 11.8 Å². The summed E-state index contributed by atoms with van der Waals surface area (Å²) in [5, 5.41) is 1.10. The van der Waals surface area contributed by atoms with Crippen LogP contribution in [0.25, 0.3) is 0 Å².